The molecule has 18 heavy (non-hydrogen) atoms. The van der Waals surface area contributed by atoms with Gasteiger partial charge in [0.05, 0.1) is 0 Å². The highest BCUT2D eigenvalue weighted by Gasteiger charge is 2.46. The van der Waals surface area contributed by atoms with Crippen LogP contribution in [0.25, 0.3) is 0 Å². The van der Waals surface area contributed by atoms with Crippen LogP contribution >= 0.6 is 0 Å². The lowest BCUT2D eigenvalue weighted by Gasteiger charge is -2.52. The Kier molecular flexibility index (Phi) is 5.08. The standard InChI is InChI=1S/C16H32N2/c1-14(2)18(3)13-7-12-17-15-8-11-16(15)9-5-4-6-10-16/h14-15,17H,4-13H2,1-3H3. The van der Waals surface area contributed by atoms with Crippen LogP contribution in [-0.2, 0) is 0 Å². The van der Waals surface area contributed by atoms with Crippen LogP contribution in [0.1, 0.15) is 65.2 Å². The zero-order chi connectivity index (χ0) is 13.0. The molecule has 0 amide bonds. The van der Waals surface area contributed by atoms with Gasteiger partial charge < -0.3 is 10.2 Å². The Bertz CT molecular complexity index is 243. The number of hydrogen-bond acceptors (Lipinski definition) is 2. The van der Waals surface area contributed by atoms with Crippen LogP contribution in [-0.4, -0.2) is 37.1 Å². The van der Waals surface area contributed by atoms with Gasteiger partial charge in [-0.1, -0.05) is 19.3 Å². The molecule has 2 aliphatic rings. The second-order valence-electron chi connectivity index (χ2n) is 6.90. The van der Waals surface area contributed by atoms with E-state index in [1.165, 1.54) is 64.5 Å². The maximum Gasteiger partial charge on any atom is 0.0124 e. The summed E-state index contributed by atoms with van der Waals surface area (Å²) in [5, 5.41) is 3.85. The summed E-state index contributed by atoms with van der Waals surface area (Å²) in [5.41, 5.74) is 0.724. The highest BCUT2D eigenvalue weighted by molar-refractivity contribution is 5.01. The minimum Gasteiger partial charge on any atom is -0.313 e. The van der Waals surface area contributed by atoms with E-state index in [1.807, 2.05) is 0 Å². The van der Waals surface area contributed by atoms with E-state index in [0.717, 1.165) is 11.5 Å². The van der Waals surface area contributed by atoms with Gasteiger partial charge in [0, 0.05) is 12.1 Å². The number of hydrogen-bond donors (Lipinski definition) is 1. The summed E-state index contributed by atoms with van der Waals surface area (Å²) < 4.78 is 0. The van der Waals surface area contributed by atoms with E-state index >= 15 is 0 Å². The summed E-state index contributed by atoms with van der Waals surface area (Å²) in [7, 11) is 2.23. The summed E-state index contributed by atoms with van der Waals surface area (Å²) in [6.45, 7) is 6.99. The van der Waals surface area contributed by atoms with E-state index in [9.17, 15) is 0 Å². The van der Waals surface area contributed by atoms with E-state index in [4.69, 9.17) is 0 Å². The van der Waals surface area contributed by atoms with Gasteiger partial charge in [-0.2, -0.15) is 0 Å². The lowest BCUT2D eigenvalue weighted by molar-refractivity contribution is 0.0229. The zero-order valence-electron chi connectivity index (χ0n) is 12.7. The van der Waals surface area contributed by atoms with Gasteiger partial charge in [-0.3, -0.25) is 0 Å². The lowest BCUT2D eigenvalue weighted by atomic mass is 9.57. The van der Waals surface area contributed by atoms with Crippen LogP contribution in [0.3, 0.4) is 0 Å². The van der Waals surface area contributed by atoms with Crippen LogP contribution in [0, 0.1) is 5.41 Å². The van der Waals surface area contributed by atoms with Gasteiger partial charge in [-0.15, -0.1) is 0 Å². The number of rotatable bonds is 6. The molecule has 0 bridgehead atoms. The summed E-state index contributed by atoms with van der Waals surface area (Å²) in [4.78, 5) is 2.44. The maximum absolute atomic E-state index is 3.85. The fraction of sp³-hybridized carbons (Fsp3) is 1.00. The first-order valence-electron chi connectivity index (χ1n) is 8.08. The zero-order valence-corrected chi connectivity index (χ0v) is 12.7. The Morgan fingerprint density at radius 2 is 1.89 bits per heavy atom. The highest BCUT2D eigenvalue weighted by Crippen LogP contribution is 2.51. The minimum absolute atomic E-state index is 0.679. The van der Waals surface area contributed by atoms with Crippen LogP contribution in [0.15, 0.2) is 0 Å². The van der Waals surface area contributed by atoms with Crippen molar-refractivity contribution in [3.8, 4) is 0 Å². The summed E-state index contributed by atoms with van der Waals surface area (Å²) in [6.07, 6.45) is 11.7. The van der Waals surface area contributed by atoms with Crippen molar-refractivity contribution in [2.24, 2.45) is 5.41 Å². The third kappa shape index (κ3) is 3.27. The van der Waals surface area contributed by atoms with Gasteiger partial charge in [0.1, 0.15) is 0 Å². The van der Waals surface area contributed by atoms with Gasteiger partial charge in [-0.05, 0) is 71.5 Å². The monoisotopic (exact) mass is 252 g/mol. The average molecular weight is 252 g/mol. The Balaban J connectivity index is 1.62. The van der Waals surface area contributed by atoms with Gasteiger partial charge >= 0.3 is 0 Å². The lowest BCUT2D eigenvalue weighted by Crippen LogP contribution is -2.54. The molecule has 0 radical (unpaired) electrons. The minimum atomic E-state index is 0.679. The molecule has 0 aromatic carbocycles. The Morgan fingerprint density at radius 1 is 1.17 bits per heavy atom. The maximum atomic E-state index is 3.85. The number of nitrogens with zero attached hydrogens (tertiary/aromatic N) is 1. The Morgan fingerprint density at radius 3 is 2.44 bits per heavy atom. The van der Waals surface area contributed by atoms with E-state index in [1.54, 1.807) is 0 Å². The molecular formula is C16H32N2. The van der Waals surface area contributed by atoms with Crippen molar-refractivity contribution in [3.63, 3.8) is 0 Å². The summed E-state index contributed by atoms with van der Waals surface area (Å²) in [5.74, 6) is 0. The van der Waals surface area contributed by atoms with Crippen molar-refractivity contribution in [3.05, 3.63) is 0 Å². The largest absolute Gasteiger partial charge is 0.313 e. The molecule has 0 aliphatic heterocycles. The van der Waals surface area contributed by atoms with Gasteiger partial charge in [0.25, 0.3) is 0 Å². The average Bonchev–Trinajstić information content (AvgIpc) is 2.37. The quantitative estimate of drug-likeness (QED) is 0.729. The first-order valence-corrected chi connectivity index (χ1v) is 8.08. The molecule has 0 saturated heterocycles. The van der Waals surface area contributed by atoms with Crippen LogP contribution in [0.4, 0.5) is 0 Å². The molecule has 2 aliphatic carbocycles. The molecule has 1 N–H and O–H groups in total. The van der Waals surface area contributed by atoms with E-state index < -0.39 is 0 Å². The predicted octanol–water partition coefficient (Wildman–Crippen LogP) is 3.42. The van der Waals surface area contributed by atoms with Crippen molar-refractivity contribution < 1.29 is 0 Å². The fourth-order valence-electron chi connectivity index (χ4n) is 3.73. The second-order valence-corrected chi connectivity index (χ2v) is 6.90. The van der Waals surface area contributed by atoms with Crippen molar-refractivity contribution >= 4 is 0 Å². The molecule has 2 rings (SSSR count). The van der Waals surface area contributed by atoms with E-state index in [-0.39, 0.29) is 0 Å². The SMILES string of the molecule is CC(C)N(C)CCCNC1CCC12CCCCC2. The topological polar surface area (TPSA) is 15.3 Å². The molecule has 0 aromatic heterocycles. The molecule has 2 nitrogen and oxygen atoms in total. The van der Waals surface area contributed by atoms with Gasteiger partial charge in [-0.25, -0.2) is 0 Å². The molecule has 2 saturated carbocycles. The first kappa shape index (κ1) is 14.3. The fourth-order valence-corrected chi connectivity index (χ4v) is 3.73. The second kappa shape index (κ2) is 6.38. The van der Waals surface area contributed by atoms with Crippen LogP contribution in [0.5, 0.6) is 0 Å². The van der Waals surface area contributed by atoms with Crippen LogP contribution < -0.4 is 5.32 Å². The van der Waals surface area contributed by atoms with Crippen molar-refractivity contribution in [1.82, 2.24) is 10.2 Å². The normalized spacial score (nSPS) is 26.8. The van der Waals surface area contributed by atoms with Crippen LogP contribution in [0.2, 0.25) is 0 Å². The smallest absolute Gasteiger partial charge is 0.0124 e. The summed E-state index contributed by atoms with van der Waals surface area (Å²) >= 11 is 0. The Hall–Kier alpha value is -0.0800. The molecule has 0 heterocycles. The van der Waals surface area contributed by atoms with Crippen molar-refractivity contribution in [2.45, 2.75) is 77.3 Å². The molecule has 2 fully saturated rings. The van der Waals surface area contributed by atoms with Gasteiger partial charge in [0.2, 0.25) is 0 Å². The van der Waals surface area contributed by atoms with E-state index in [2.05, 4.69) is 31.1 Å². The molecule has 1 unspecified atom stereocenters. The van der Waals surface area contributed by atoms with Crippen molar-refractivity contribution in [1.29, 1.82) is 0 Å². The van der Waals surface area contributed by atoms with E-state index in [0.29, 0.717) is 6.04 Å². The summed E-state index contributed by atoms with van der Waals surface area (Å²) in [6, 6.07) is 1.53. The highest BCUT2D eigenvalue weighted by atomic mass is 15.1. The molecule has 106 valence electrons. The first-order chi connectivity index (χ1) is 8.64. The van der Waals surface area contributed by atoms with Gasteiger partial charge in [0.15, 0.2) is 0 Å². The number of nitrogens with one attached hydrogen (secondary N) is 1. The predicted molar refractivity (Wildman–Crippen MR) is 78.9 cm³/mol. The third-order valence-corrected chi connectivity index (χ3v) is 5.48. The molecule has 1 atom stereocenters. The van der Waals surface area contributed by atoms with Crippen molar-refractivity contribution in [2.75, 3.05) is 20.1 Å². The molecule has 2 heteroatoms. The molecule has 1 spiro atoms. The molecule has 0 aromatic rings. The third-order valence-electron chi connectivity index (χ3n) is 5.48. The Labute approximate surface area is 114 Å². The molecular weight excluding hydrogens is 220 g/mol.